The van der Waals surface area contributed by atoms with E-state index in [1.165, 1.54) is 14.2 Å². The zero-order chi connectivity index (χ0) is 25.1. The number of carbonyl (C=O) groups excluding carboxylic acids is 3. The smallest absolute Gasteiger partial charge is 0.431 e. The molecule has 0 spiro atoms. The molecule has 1 fully saturated rings. The van der Waals surface area contributed by atoms with Gasteiger partial charge in [0.25, 0.3) is 5.91 Å². The Morgan fingerprint density at radius 2 is 1.63 bits per heavy atom. The lowest BCUT2D eigenvalue weighted by Gasteiger charge is -2.40. The van der Waals surface area contributed by atoms with Gasteiger partial charge in [-0.1, -0.05) is 61.7 Å². The van der Waals surface area contributed by atoms with E-state index < -0.39 is 18.1 Å². The largest absolute Gasteiger partial charge is 0.496 e. The van der Waals surface area contributed by atoms with Crippen molar-refractivity contribution in [2.75, 3.05) is 33.9 Å². The van der Waals surface area contributed by atoms with Gasteiger partial charge in [0.1, 0.15) is 12.4 Å². The summed E-state index contributed by atoms with van der Waals surface area (Å²) in [5.41, 5.74) is 1.06. The maximum Gasteiger partial charge on any atom is 0.431 e. The van der Waals surface area contributed by atoms with Crippen molar-refractivity contribution in [3.05, 3.63) is 65.7 Å². The Balaban J connectivity index is 1.83. The number of carbonyl (C=O) groups is 3. The summed E-state index contributed by atoms with van der Waals surface area (Å²) in [4.78, 5) is 43.0. The Kier molecular flexibility index (Phi) is 9.34. The average molecular weight is 484 g/mol. The summed E-state index contributed by atoms with van der Waals surface area (Å²) in [6, 6.07) is 16.9. The first kappa shape index (κ1) is 25.9. The first-order valence-electron chi connectivity index (χ1n) is 11.8. The Morgan fingerprint density at radius 3 is 2.31 bits per heavy atom. The zero-order valence-corrected chi connectivity index (χ0v) is 20.2. The molecule has 188 valence electrons. The van der Waals surface area contributed by atoms with Gasteiger partial charge < -0.3 is 24.9 Å². The monoisotopic (exact) mass is 483 g/mol. The number of hydroxylamine groups is 2. The lowest BCUT2D eigenvalue weighted by atomic mass is 9.69. The molecule has 35 heavy (non-hydrogen) atoms. The fourth-order valence-electron chi connectivity index (χ4n) is 4.44. The van der Waals surface area contributed by atoms with Crippen molar-refractivity contribution >= 4 is 18.1 Å². The van der Waals surface area contributed by atoms with E-state index in [0.717, 1.165) is 42.7 Å². The van der Waals surface area contributed by atoms with Crippen molar-refractivity contribution < 1.29 is 28.7 Å². The molecule has 0 saturated heterocycles. The van der Waals surface area contributed by atoms with Crippen LogP contribution in [-0.2, 0) is 15.0 Å². The van der Waals surface area contributed by atoms with Crippen LogP contribution in [0.25, 0.3) is 0 Å². The topological polar surface area (TPSA) is 106 Å². The predicted octanol–water partition coefficient (Wildman–Crippen LogP) is 4.04. The van der Waals surface area contributed by atoms with Gasteiger partial charge in [0.15, 0.2) is 0 Å². The number of amides is 3. The van der Waals surface area contributed by atoms with Crippen LogP contribution in [0.4, 0.5) is 9.59 Å². The summed E-state index contributed by atoms with van der Waals surface area (Å²) in [5, 5.41) is 5.98. The summed E-state index contributed by atoms with van der Waals surface area (Å²) >= 11 is 0. The highest BCUT2D eigenvalue weighted by molar-refractivity contribution is 5.97. The van der Waals surface area contributed by atoms with Crippen LogP contribution in [0.3, 0.4) is 0 Å². The molecule has 9 heteroatoms. The Labute approximate surface area is 205 Å². The lowest BCUT2D eigenvalue weighted by molar-refractivity contribution is -0.0847. The molecule has 0 aromatic heterocycles. The van der Waals surface area contributed by atoms with Gasteiger partial charge >= 0.3 is 12.2 Å². The number of hydrogen-bond acceptors (Lipinski definition) is 6. The number of methoxy groups -OCH3 is 1. The van der Waals surface area contributed by atoms with Crippen molar-refractivity contribution in [3.8, 4) is 5.75 Å². The molecule has 2 N–H and O–H groups in total. The van der Waals surface area contributed by atoms with Crippen molar-refractivity contribution in [1.29, 1.82) is 0 Å². The van der Waals surface area contributed by atoms with Gasteiger partial charge in [-0.05, 0) is 30.5 Å². The normalized spacial score (nSPS) is 14.3. The second-order valence-electron chi connectivity index (χ2n) is 8.44. The number of hydrogen-bond donors (Lipinski definition) is 2. The third-order valence-corrected chi connectivity index (χ3v) is 6.21. The first-order chi connectivity index (χ1) is 17.0. The van der Waals surface area contributed by atoms with Gasteiger partial charge in [-0.2, -0.15) is 5.06 Å². The van der Waals surface area contributed by atoms with Crippen LogP contribution < -0.4 is 15.4 Å². The maximum absolute atomic E-state index is 13.6. The Hall–Kier alpha value is -3.75. The maximum atomic E-state index is 13.6. The van der Waals surface area contributed by atoms with E-state index in [-0.39, 0.29) is 25.1 Å². The Bertz CT molecular complexity index is 992. The minimum absolute atomic E-state index is 0.0345. The average Bonchev–Trinajstić information content (AvgIpc) is 2.91. The highest BCUT2D eigenvalue weighted by atomic mass is 16.7. The summed E-state index contributed by atoms with van der Waals surface area (Å²) < 4.78 is 10.2. The van der Waals surface area contributed by atoms with Crippen LogP contribution in [0.1, 0.15) is 48.0 Å². The lowest BCUT2D eigenvalue weighted by Crippen LogP contribution is -2.47. The number of para-hydroxylation sites is 1. The first-order valence-corrected chi connectivity index (χ1v) is 11.8. The molecule has 3 rings (SSSR count). The third-order valence-electron chi connectivity index (χ3n) is 6.21. The van der Waals surface area contributed by atoms with Crippen LogP contribution in [0.5, 0.6) is 5.75 Å². The molecule has 0 radical (unpaired) electrons. The second-order valence-corrected chi connectivity index (χ2v) is 8.44. The van der Waals surface area contributed by atoms with E-state index in [4.69, 9.17) is 14.3 Å². The summed E-state index contributed by atoms with van der Waals surface area (Å²) in [5.74, 6) is -0.0806. The SMILES string of the molecule is CNC(=O)OCCNC(=O)ON(CC1(c2ccccc2)CCCCC1)C(=O)c1ccccc1OC. The minimum atomic E-state index is -0.812. The molecule has 1 aliphatic rings. The van der Waals surface area contributed by atoms with Gasteiger partial charge in [0, 0.05) is 12.5 Å². The molecule has 2 aromatic rings. The molecule has 3 amide bonds. The standard InChI is InChI=1S/C26H33N3O6/c1-27-24(31)34-18-17-28-25(32)35-29(23(30)21-13-7-8-14-22(21)33-2)19-26(15-9-4-10-16-26)20-11-5-3-6-12-20/h3,5-8,11-14H,4,9-10,15-19H2,1-2H3,(H,27,31)(H,28,32). The van der Waals surface area contributed by atoms with Gasteiger partial charge in [0.2, 0.25) is 0 Å². The van der Waals surface area contributed by atoms with Gasteiger partial charge in [-0.3, -0.25) is 4.79 Å². The number of rotatable bonds is 8. The van der Waals surface area contributed by atoms with Crippen LogP contribution in [0, 0.1) is 0 Å². The number of ether oxygens (including phenoxy) is 2. The van der Waals surface area contributed by atoms with Crippen LogP contribution in [0.15, 0.2) is 54.6 Å². The summed E-state index contributed by atoms with van der Waals surface area (Å²) in [6.45, 7) is 0.200. The molecule has 0 unspecified atom stereocenters. The van der Waals surface area contributed by atoms with E-state index >= 15 is 0 Å². The van der Waals surface area contributed by atoms with Crippen molar-refractivity contribution in [2.45, 2.75) is 37.5 Å². The van der Waals surface area contributed by atoms with Crippen LogP contribution in [-0.4, -0.2) is 57.0 Å². The molecule has 0 aliphatic heterocycles. The molecule has 0 atom stereocenters. The summed E-state index contributed by atoms with van der Waals surface area (Å²) in [7, 11) is 2.93. The number of benzene rings is 2. The van der Waals surface area contributed by atoms with E-state index in [1.807, 2.05) is 18.2 Å². The fourth-order valence-corrected chi connectivity index (χ4v) is 4.44. The Morgan fingerprint density at radius 1 is 0.943 bits per heavy atom. The number of nitrogens with zero attached hydrogens (tertiary/aromatic N) is 1. The minimum Gasteiger partial charge on any atom is -0.496 e. The van der Waals surface area contributed by atoms with Gasteiger partial charge in [-0.25, -0.2) is 9.59 Å². The van der Waals surface area contributed by atoms with E-state index in [1.54, 1.807) is 24.3 Å². The van der Waals surface area contributed by atoms with Crippen molar-refractivity contribution in [1.82, 2.24) is 15.7 Å². The molecular weight excluding hydrogens is 450 g/mol. The number of nitrogens with one attached hydrogen (secondary N) is 2. The molecular formula is C26H33N3O6. The molecule has 1 aliphatic carbocycles. The number of alkyl carbamates (subject to hydrolysis) is 1. The highest BCUT2D eigenvalue weighted by Crippen LogP contribution is 2.40. The quantitative estimate of drug-likeness (QED) is 0.434. The molecule has 2 aromatic carbocycles. The van der Waals surface area contributed by atoms with Gasteiger partial charge in [0.05, 0.1) is 25.8 Å². The van der Waals surface area contributed by atoms with Crippen LogP contribution >= 0.6 is 0 Å². The van der Waals surface area contributed by atoms with Gasteiger partial charge in [-0.15, -0.1) is 0 Å². The van der Waals surface area contributed by atoms with Crippen molar-refractivity contribution in [2.24, 2.45) is 0 Å². The van der Waals surface area contributed by atoms with Crippen molar-refractivity contribution in [3.63, 3.8) is 0 Å². The second kappa shape index (κ2) is 12.6. The molecule has 0 heterocycles. The predicted molar refractivity (Wildman–Crippen MR) is 130 cm³/mol. The zero-order valence-electron chi connectivity index (χ0n) is 20.2. The molecule has 1 saturated carbocycles. The summed E-state index contributed by atoms with van der Waals surface area (Å²) in [6.07, 6.45) is 3.50. The molecule has 0 bridgehead atoms. The van der Waals surface area contributed by atoms with Crippen LogP contribution in [0.2, 0.25) is 0 Å². The molecule has 9 nitrogen and oxygen atoms in total. The van der Waals surface area contributed by atoms with E-state index in [2.05, 4.69) is 22.8 Å². The fraction of sp³-hybridized carbons (Fsp3) is 0.423. The third kappa shape index (κ3) is 6.88. The van der Waals surface area contributed by atoms with E-state index in [0.29, 0.717) is 11.3 Å². The highest BCUT2D eigenvalue weighted by Gasteiger charge is 2.39. The van der Waals surface area contributed by atoms with E-state index in [9.17, 15) is 14.4 Å².